The molecule has 3 heteroatoms. The molecule has 0 aliphatic heterocycles. The standard InChI is InChI=1S/C13H24N2O/c1-10-3-2-4-11(9-10)7-8-14-13(16)15-12-5-6-12/h10-12H,2-9H2,1H3,(H2,14,15,16). The van der Waals surface area contributed by atoms with Gasteiger partial charge in [0.25, 0.3) is 0 Å². The number of amides is 2. The highest BCUT2D eigenvalue weighted by molar-refractivity contribution is 5.74. The quantitative estimate of drug-likeness (QED) is 0.757. The fraction of sp³-hybridized carbons (Fsp3) is 0.923. The highest BCUT2D eigenvalue weighted by atomic mass is 16.2. The molecule has 16 heavy (non-hydrogen) atoms. The summed E-state index contributed by atoms with van der Waals surface area (Å²) in [4.78, 5) is 11.4. The van der Waals surface area contributed by atoms with Crippen molar-refractivity contribution in [3.63, 3.8) is 0 Å². The third-order valence-corrected chi connectivity index (χ3v) is 3.80. The van der Waals surface area contributed by atoms with Gasteiger partial charge in [0, 0.05) is 12.6 Å². The van der Waals surface area contributed by atoms with E-state index in [1.54, 1.807) is 0 Å². The van der Waals surface area contributed by atoms with Gasteiger partial charge in [-0.05, 0) is 37.5 Å². The van der Waals surface area contributed by atoms with Gasteiger partial charge >= 0.3 is 6.03 Å². The van der Waals surface area contributed by atoms with Crippen LogP contribution in [0.5, 0.6) is 0 Å². The largest absolute Gasteiger partial charge is 0.338 e. The Bertz CT molecular complexity index is 238. The third kappa shape index (κ3) is 4.03. The van der Waals surface area contributed by atoms with E-state index in [2.05, 4.69) is 17.6 Å². The summed E-state index contributed by atoms with van der Waals surface area (Å²) >= 11 is 0. The van der Waals surface area contributed by atoms with Gasteiger partial charge in [-0.1, -0.05) is 26.2 Å². The van der Waals surface area contributed by atoms with E-state index in [1.807, 2.05) is 0 Å². The second kappa shape index (κ2) is 5.55. The summed E-state index contributed by atoms with van der Waals surface area (Å²) in [5.74, 6) is 1.73. The molecular formula is C13H24N2O. The van der Waals surface area contributed by atoms with E-state index in [0.29, 0.717) is 6.04 Å². The van der Waals surface area contributed by atoms with Crippen molar-refractivity contribution in [2.75, 3.05) is 6.54 Å². The van der Waals surface area contributed by atoms with Gasteiger partial charge in [-0.25, -0.2) is 4.79 Å². The number of urea groups is 1. The van der Waals surface area contributed by atoms with Crippen molar-refractivity contribution >= 4 is 6.03 Å². The molecule has 0 aromatic heterocycles. The number of rotatable bonds is 4. The lowest BCUT2D eigenvalue weighted by Gasteiger charge is -2.26. The summed E-state index contributed by atoms with van der Waals surface area (Å²) in [5, 5.41) is 5.92. The second-order valence-electron chi connectivity index (χ2n) is 5.60. The van der Waals surface area contributed by atoms with Gasteiger partial charge in [-0.3, -0.25) is 0 Å². The Balaban J connectivity index is 1.54. The Morgan fingerprint density at radius 1 is 1.25 bits per heavy atom. The van der Waals surface area contributed by atoms with E-state index in [4.69, 9.17) is 0 Å². The molecule has 0 radical (unpaired) electrons. The molecule has 92 valence electrons. The van der Waals surface area contributed by atoms with E-state index >= 15 is 0 Å². The Labute approximate surface area is 98.4 Å². The van der Waals surface area contributed by atoms with E-state index in [1.165, 1.54) is 25.7 Å². The first-order valence-electron chi connectivity index (χ1n) is 6.78. The smallest absolute Gasteiger partial charge is 0.315 e. The van der Waals surface area contributed by atoms with Crippen LogP contribution in [0, 0.1) is 11.8 Å². The Morgan fingerprint density at radius 3 is 2.75 bits per heavy atom. The molecule has 2 N–H and O–H groups in total. The topological polar surface area (TPSA) is 41.1 Å². The van der Waals surface area contributed by atoms with Crippen molar-refractivity contribution in [2.45, 2.75) is 57.9 Å². The molecule has 0 bridgehead atoms. The first kappa shape index (κ1) is 11.7. The minimum atomic E-state index is 0.0337. The molecule has 2 amide bonds. The van der Waals surface area contributed by atoms with Crippen molar-refractivity contribution in [3.05, 3.63) is 0 Å². The van der Waals surface area contributed by atoms with Gasteiger partial charge in [0.2, 0.25) is 0 Å². The minimum Gasteiger partial charge on any atom is -0.338 e. The molecule has 2 aliphatic carbocycles. The molecule has 0 saturated heterocycles. The van der Waals surface area contributed by atoms with Crippen LogP contribution in [0.3, 0.4) is 0 Å². The monoisotopic (exact) mass is 224 g/mol. The van der Waals surface area contributed by atoms with E-state index in [0.717, 1.165) is 37.6 Å². The molecular weight excluding hydrogens is 200 g/mol. The van der Waals surface area contributed by atoms with Crippen LogP contribution >= 0.6 is 0 Å². The van der Waals surface area contributed by atoms with Crippen molar-refractivity contribution < 1.29 is 4.79 Å². The normalized spacial score (nSPS) is 29.8. The van der Waals surface area contributed by atoms with Gasteiger partial charge in [0.05, 0.1) is 0 Å². The van der Waals surface area contributed by atoms with Crippen LogP contribution in [-0.2, 0) is 0 Å². The number of hydrogen-bond acceptors (Lipinski definition) is 1. The molecule has 0 spiro atoms. The van der Waals surface area contributed by atoms with Gasteiger partial charge in [0.1, 0.15) is 0 Å². The maximum Gasteiger partial charge on any atom is 0.315 e. The fourth-order valence-electron chi connectivity index (χ4n) is 2.68. The number of hydrogen-bond donors (Lipinski definition) is 2. The van der Waals surface area contributed by atoms with E-state index < -0.39 is 0 Å². The SMILES string of the molecule is CC1CCCC(CCNC(=O)NC2CC2)C1. The Hall–Kier alpha value is -0.730. The lowest BCUT2D eigenvalue weighted by Crippen LogP contribution is -2.37. The summed E-state index contributed by atoms with van der Waals surface area (Å²) in [6.07, 6.45) is 8.96. The van der Waals surface area contributed by atoms with Crippen molar-refractivity contribution in [2.24, 2.45) is 11.8 Å². The maximum absolute atomic E-state index is 11.4. The summed E-state index contributed by atoms with van der Waals surface area (Å²) in [5.41, 5.74) is 0. The van der Waals surface area contributed by atoms with Crippen LogP contribution in [0.2, 0.25) is 0 Å². The van der Waals surface area contributed by atoms with Gasteiger partial charge in [-0.2, -0.15) is 0 Å². The lowest BCUT2D eigenvalue weighted by molar-refractivity contribution is 0.235. The molecule has 2 atom stereocenters. The van der Waals surface area contributed by atoms with Crippen LogP contribution in [0.25, 0.3) is 0 Å². The molecule has 2 aliphatic rings. The average Bonchev–Trinajstić information content (AvgIpc) is 3.02. The molecule has 2 unspecified atom stereocenters. The lowest BCUT2D eigenvalue weighted by atomic mass is 9.81. The number of carbonyl (C=O) groups excluding carboxylic acids is 1. The summed E-state index contributed by atoms with van der Waals surface area (Å²) in [6, 6.07) is 0.501. The predicted molar refractivity (Wildman–Crippen MR) is 65.3 cm³/mol. The molecule has 0 heterocycles. The van der Waals surface area contributed by atoms with Crippen LogP contribution < -0.4 is 10.6 Å². The average molecular weight is 224 g/mol. The maximum atomic E-state index is 11.4. The zero-order valence-corrected chi connectivity index (χ0v) is 10.3. The molecule has 2 rings (SSSR count). The van der Waals surface area contributed by atoms with E-state index in [-0.39, 0.29) is 6.03 Å². The molecule has 2 saturated carbocycles. The number of carbonyl (C=O) groups is 1. The van der Waals surface area contributed by atoms with Crippen LogP contribution in [-0.4, -0.2) is 18.6 Å². The highest BCUT2D eigenvalue weighted by Crippen LogP contribution is 2.30. The third-order valence-electron chi connectivity index (χ3n) is 3.80. The summed E-state index contributed by atoms with van der Waals surface area (Å²) in [6.45, 7) is 3.19. The van der Waals surface area contributed by atoms with E-state index in [9.17, 15) is 4.79 Å². The molecule has 2 fully saturated rings. The fourth-order valence-corrected chi connectivity index (χ4v) is 2.68. The highest BCUT2D eigenvalue weighted by Gasteiger charge is 2.23. The van der Waals surface area contributed by atoms with Crippen molar-refractivity contribution in [3.8, 4) is 0 Å². The summed E-state index contributed by atoms with van der Waals surface area (Å²) < 4.78 is 0. The minimum absolute atomic E-state index is 0.0337. The van der Waals surface area contributed by atoms with Crippen molar-refractivity contribution in [1.82, 2.24) is 10.6 Å². The first-order valence-corrected chi connectivity index (χ1v) is 6.78. The Morgan fingerprint density at radius 2 is 2.06 bits per heavy atom. The zero-order valence-electron chi connectivity index (χ0n) is 10.3. The zero-order chi connectivity index (χ0) is 11.4. The van der Waals surface area contributed by atoms with Gasteiger partial charge < -0.3 is 10.6 Å². The molecule has 0 aromatic rings. The predicted octanol–water partition coefficient (Wildman–Crippen LogP) is 2.66. The second-order valence-corrected chi connectivity index (χ2v) is 5.60. The van der Waals surface area contributed by atoms with Crippen LogP contribution in [0.1, 0.15) is 51.9 Å². The summed E-state index contributed by atoms with van der Waals surface area (Å²) in [7, 11) is 0. The number of nitrogens with one attached hydrogen (secondary N) is 2. The first-order chi connectivity index (χ1) is 7.74. The Kier molecular flexibility index (Phi) is 4.08. The van der Waals surface area contributed by atoms with Crippen LogP contribution in [0.15, 0.2) is 0 Å². The van der Waals surface area contributed by atoms with Gasteiger partial charge in [-0.15, -0.1) is 0 Å². The van der Waals surface area contributed by atoms with Crippen molar-refractivity contribution in [1.29, 1.82) is 0 Å². The van der Waals surface area contributed by atoms with Gasteiger partial charge in [0.15, 0.2) is 0 Å². The molecule has 3 nitrogen and oxygen atoms in total. The van der Waals surface area contributed by atoms with Crippen LogP contribution in [0.4, 0.5) is 4.79 Å². The molecule has 0 aromatic carbocycles.